The molecule has 0 unspecified atom stereocenters. The first-order valence-corrected chi connectivity index (χ1v) is 7.29. The number of hydrogen-bond donors (Lipinski definition) is 1. The van der Waals surface area contributed by atoms with Crippen LogP contribution in [0.4, 0.5) is 0 Å². The van der Waals surface area contributed by atoms with Crippen LogP contribution in [0.3, 0.4) is 0 Å². The van der Waals surface area contributed by atoms with Gasteiger partial charge in [0.15, 0.2) is 0 Å². The number of nitrogens with zero attached hydrogens (tertiary/aromatic N) is 2. The first kappa shape index (κ1) is 15.4. The van der Waals surface area contributed by atoms with Gasteiger partial charge in [0.05, 0.1) is 0 Å². The molecule has 1 heterocycles. The van der Waals surface area contributed by atoms with Gasteiger partial charge in [-0.3, -0.25) is 9.59 Å². The average Bonchev–Trinajstić information content (AvgIpc) is 2.44. The maximum atomic E-state index is 12.1. The number of carbonyl (C=O) groups excluding carboxylic acids is 2. The van der Waals surface area contributed by atoms with Crippen LogP contribution in [0.5, 0.6) is 0 Å². The lowest BCUT2D eigenvalue weighted by Gasteiger charge is -2.36. The van der Waals surface area contributed by atoms with Gasteiger partial charge >= 0.3 is 11.8 Å². The molecule has 0 spiro atoms. The van der Waals surface area contributed by atoms with Crippen LogP contribution in [0.2, 0.25) is 0 Å². The Hall–Kier alpha value is -1.95. The predicted molar refractivity (Wildman–Crippen MR) is 84.6 cm³/mol. The molecular formula is C15H19N3O2S. The van der Waals surface area contributed by atoms with Gasteiger partial charge < -0.3 is 15.5 Å². The summed E-state index contributed by atoms with van der Waals surface area (Å²) in [5.41, 5.74) is 7.29. The Balaban J connectivity index is 2.11. The summed E-state index contributed by atoms with van der Waals surface area (Å²) in [6, 6.07) is 7.47. The summed E-state index contributed by atoms with van der Waals surface area (Å²) < 4.78 is 0. The van der Waals surface area contributed by atoms with Gasteiger partial charge in [-0.15, -0.1) is 0 Å². The molecule has 1 aliphatic rings. The van der Waals surface area contributed by atoms with E-state index in [9.17, 15) is 9.59 Å². The third-order valence-corrected chi connectivity index (χ3v) is 3.79. The second kappa shape index (κ2) is 6.22. The van der Waals surface area contributed by atoms with Crippen molar-refractivity contribution in [1.82, 2.24) is 9.80 Å². The number of benzene rings is 1. The monoisotopic (exact) mass is 305 g/mol. The molecule has 0 aromatic heterocycles. The van der Waals surface area contributed by atoms with Crippen molar-refractivity contribution in [3.05, 3.63) is 35.4 Å². The maximum absolute atomic E-state index is 12.1. The summed E-state index contributed by atoms with van der Waals surface area (Å²) in [5, 5.41) is 0. The number of rotatable bonds is 4. The molecule has 0 atom stereocenters. The van der Waals surface area contributed by atoms with Gasteiger partial charge in [0.25, 0.3) is 0 Å². The lowest BCUT2D eigenvalue weighted by molar-refractivity contribution is -0.157. The van der Waals surface area contributed by atoms with E-state index in [4.69, 9.17) is 18.0 Å². The lowest BCUT2D eigenvalue weighted by atomic mass is 10.1. The van der Waals surface area contributed by atoms with E-state index in [1.807, 2.05) is 38.1 Å². The summed E-state index contributed by atoms with van der Waals surface area (Å²) in [6.45, 7) is 5.32. The summed E-state index contributed by atoms with van der Waals surface area (Å²) in [6.07, 6.45) is 0. The number of nitrogens with two attached hydrogens (primary N) is 1. The van der Waals surface area contributed by atoms with Crippen LogP contribution < -0.4 is 5.73 Å². The van der Waals surface area contributed by atoms with Crippen LogP contribution in [0.15, 0.2) is 24.3 Å². The molecule has 0 aliphatic carbocycles. The van der Waals surface area contributed by atoms with Crippen LogP contribution in [0.1, 0.15) is 25.0 Å². The molecule has 1 saturated heterocycles. The molecule has 0 bridgehead atoms. The molecule has 1 aromatic rings. The number of hydrogen-bond acceptors (Lipinski definition) is 3. The molecule has 0 saturated carbocycles. The molecule has 2 amide bonds. The van der Waals surface area contributed by atoms with Gasteiger partial charge in [-0.2, -0.15) is 0 Å². The van der Waals surface area contributed by atoms with Crippen LogP contribution in [-0.2, 0) is 16.1 Å². The first-order valence-electron chi connectivity index (χ1n) is 6.88. The Bertz CT molecular complexity index is 586. The molecule has 21 heavy (non-hydrogen) atoms. The minimum absolute atomic E-state index is 0.0431. The highest BCUT2D eigenvalue weighted by Gasteiger charge is 2.33. The average molecular weight is 305 g/mol. The van der Waals surface area contributed by atoms with Crippen molar-refractivity contribution >= 4 is 29.0 Å². The van der Waals surface area contributed by atoms with E-state index in [2.05, 4.69) is 0 Å². The molecule has 1 fully saturated rings. The SMILES string of the molecule is CC(C)N1CCN(Cc2cccc(C(N)=S)c2)C(=O)C1=O. The molecule has 1 aromatic carbocycles. The molecule has 6 heteroatoms. The number of carbonyl (C=O) groups is 2. The van der Waals surface area contributed by atoms with Crippen molar-refractivity contribution < 1.29 is 9.59 Å². The van der Waals surface area contributed by atoms with E-state index in [0.717, 1.165) is 11.1 Å². The van der Waals surface area contributed by atoms with Crippen molar-refractivity contribution in [3.63, 3.8) is 0 Å². The maximum Gasteiger partial charge on any atom is 0.312 e. The largest absolute Gasteiger partial charge is 0.389 e. The summed E-state index contributed by atoms with van der Waals surface area (Å²) in [7, 11) is 0. The van der Waals surface area contributed by atoms with Gasteiger partial charge in [-0.1, -0.05) is 30.4 Å². The molecule has 112 valence electrons. The summed E-state index contributed by atoms with van der Waals surface area (Å²) in [5.74, 6) is -0.877. The fourth-order valence-electron chi connectivity index (χ4n) is 2.38. The topological polar surface area (TPSA) is 66.6 Å². The highest BCUT2D eigenvalue weighted by atomic mass is 32.1. The van der Waals surface area contributed by atoms with Crippen LogP contribution in [-0.4, -0.2) is 45.7 Å². The predicted octanol–water partition coefficient (Wildman–Crippen LogP) is 0.900. The second-order valence-electron chi connectivity index (χ2n) is 5.38. The minimum atomic E-state index is -0.448. The lowest BCUT2D eigenvalue weighted by Crippen LogP contribution is -2.55. The van der Waals surface area contributed by atoms with E-state index >= 15 is 0 Å². The molecular weight excluding hydrogens is 286 g/mol. The van der Waals surface area contributed by atoms with Crippen molar-refractivity contribution in [2.24, 2.45) is 5.73 Å². The van der Waals surface area contributed by atoms with E-state index < -0.39 is 11.8 Å². The van der Waals surface area contributed by atoms with Gasteiger partial charge in [-0.25, -0.2) is 0 Å². The van der Waals surface area contributed by atoms with Gasteiger partial charge in [0.2, 0.25) is 0 Å². The third-order valence-electron chi connectivity index (χ3n) is 3.55. The van der Waals surface area contributed by atoms with Crippen molar-refractivity contribution in [2.75, 3.05) is 13.1 Å². The highest BCUT2D eigenvalue weighted by Crippen LogP contribution is 2.14. The molecule has 1 aliphatic heterocycles. The fraction of sp³-hybridized carbons (Fsp3) is 0.400. The summed E-state index contributed by atoms with van der Waals surface area (Å²) in [4.78, 5) is 27.7. The molecule has 2 N–H and O–H groups in total. The van der Waals surface area contributed by atoms with E-state index in [1.165, 1.54) is 0 Å². The first-order chi connectivity index (χ1) is 9.90. The van der Waals surface area contributed by atoms with Crippen molar-refractivity contribution in [1.29, 1.82) is 0 Å². The zero-order chi connectivity index (χ0) is 15.6. The van der Waals surface area contributed by atoms with Crippen molar-refractivity contribution in [3.8, 4) is 0 Å². The zero-order valence-electron chi connectivity index (χ0n) is 12.2. The standard InChI is InChI=1S/C15H19N3O2S/c1-10(2)18-7-6-17(14(19)15(18)20)9-11-4-3-5-12(8-11)13(16)21/h3-5,8,10H,6-7,9H2,1-2H3,(H2,16,21). The Morgan fingerprint density at radius 2 is 2.00 bits per heavy atom. The van der Waals surface area contributed by atoms with E-state index in [-0.39, 0.29) is 6.04 Å². The van der Waals surface area contributed by atoms with Gasteiger partial charge in [-0.05, 0) is 25.5 Å². The van der Waals surface area contributed by atoms with Crippen LogP contribution >= 0.6 is 12.2 Å². The fourth-order valence-corrected chi connectivity index (χ4v) is 2.50. The number of thiocarbonyl (C=S) groups is 1. The van der Waals surface area contributed by atoms with E-state index in [0.29, 0.717) is 24.6 Å². The molecule has 5 nitrogen and oxygen atoms in total. The smallest absolute Gasteiger partial charge is 0.312 e. The second-order valence-corrected chi connectivity index (χ2v) is 5.82. The van der Waals surface area contributed by atoms with Crippen LogP contribution in [0, 0.1) is 0 Å². The molecule has 2 rings (SSSR count). The minimum Gasteiger partial charge on any atom is -0.389 e. The Morgan fingerprint density at radius 1 is 1.29 bits per heavy atom. The quantitative estimate of drug-likeness (QED) is 0.663. The highest BCUT2D eigenvalue weighted by molar-refractivity contribution is 7.80. The van der Waals surface area contributed by atoms with Gasteiger partial charge in [0, 0.05) is 31.2 Å². The zero-order valence-corrected chi connectivity index (χ0v) is 13.0. The van der Waals surface area contributed by atoms with E-state index in [1.54, 1.807) is 9.80 Å². The Labute approximate surface area is 129 Å². The number of piperazine rings is 1. The molecule has 0 radical (unpaired) electrons. The van der Waals surface area contributed by atoms with Crippen LogP contribution in [0.25, 0.3) is 0 Å². The van der Waals surface area contributed by atoms with Gasteiger partial charge in [0.1, 0.15) is 4.99 Å². The van der Waals surface area contributed by atoms with Crippen molar-refractivity contribution in [2.45, 2.75) is 26.4 Å². The Kier molecular flexibility index (Phi) is 4.57. The Morgan fingerprint density at radius 3 is 2.62 bits per heavy atom. The third kappa shape index (κ3) is 3.39. The normalized spacial score (nSPS) is 15.8. The number of amides is 2. The summed E-state index contributed by atoms with van der Waals surface area (Å²) >= 11 is 4.95.